The van der Waals surface area contributed by atoms with E-state index in [2.05, 4.69) is 63.4 Å². The maximum absolute atomic E-state index is 12.0. The highest BCUT2D eigenvalue weighted by molar-refractivity contribution is 9.39. The van der Waals surface area contributed by atoms with Gasteiger partial charge < -0.3 is 5.32 Å². The average Bonchev–Trinajstić information content (AvgIpc) is 2.88. The van der Waals surface area contributed by atoms with Gasteiger partial charge in [0.1, 0.15) is 0 Å². The predicted molar refractivity (Wildman–Crippen MR) is 93.0 cm³/mol. The number of rotatable bonds is 3. The first-order valence-electron chi connectivity index (χ1n) is 5.55. The van der Waals surface area contributed by atoms with Gasteiger partial charge in [-0.2, -0.15) is 0 Å². The molecule has 8 heteroatoms. The van der Waals surface area contributed by atoms with Crippen LogP contribution in [0.25, 0.3) is 0 Å². The zero-order chi connectivity index (χ0) is 14.6. The van der Waals surface area contributed by atoms with Crippen molar-refractivity contribution < 1.29 is 4.79 Å². The van der Waals surface area contributed by atoms with Crippen molar-refractivity contribution in [1.82, 2.24) is 10.3 Å². The topological polar surface area (TPSA) is 54.0 Å². The number of aromatic nitrogens is 1. The van der Waals surface area contributed by atoms with Gasteiger partial charge in [-0.3, -0.25) is 5.32 Å². The van der Waals surface area contributed by atoms with Crippen molar-refractivity contribution in [3.8, 4) is 0 Å². The van der Waals surface area contributed by atoms with E-state index in [0.29, 0.717) is 5.13 Å². The van der Waals surface area contributed by atoms with Crippen molar-refractivity contribution in [2.24, 2.45) is 0 Å². The standard InChI is InChI=1S/C12H10Br3N3OS/c13-12(14,15)9(8-4-2-1-3-5-8)17-10(19)18-11-16-6-7-20-11/h1-7,9H,(H2,16,17,18,19). The first-order valence-corrected chi connectivity index (χ1v) is 8.81. The van der Waals surface area contributed by atoms with Gasteiger partial charge in [-0.1, -0.05) is 78.1 Å². The molecule has 106 valence electrons. The largest absolute Gasteiger partial charge is 0.328 e. The molecular formula is C12H10Br3N3OS. The summed E-state index contributed by atoms with van der Waals surface area (Å²) in [6.07, 6.45) is 1.64. The molecule has 1 unspecified atom stereocenters. The molecule has 2 rings (SSSR count). The van der Waals surface area contributed by atoms with Crippen LogP contribution >= 0.6 is 59.1 Å². The Hall–Kier alpha value is -0.440. The summed E-state index contributed by atoms with van der Waals surface area (Å²) in [6.45, 7) is 0. The molecule has 2 aromatic rings. The lowest BCUT2D eigenvalue weighted by Crippen LogP contribution is -2.38. The molecule has 0 fully saturated rings. The van der Waals surface area contributed by atoms with Crippen LogP contribution in [0.4, 0.5) is 9.93 Å². The summed E-state index contributed by atoms with van der Waals surface area (Å²) in [5, 5.41) is 7.93. The van der Waals surface area contributed by atoms with E-state index in [1.165, 1.54) is 11.3 Å². The van der Waals surface area contributed by atoms with Gasteiger partial charge in [0, 0.05) is 11.6 Å². The number of carbonyl (C=O) groups is 1. The summed E-state index contributed by atoms with van der Waals surface area (Å²) in [6, 6.07) is 9.00. The van der Waals surface area contributed by atoms with Crippen LogP contribution in [-0.4, -0.2) is 13.2 Å². The first-order chi connectivity index (χ1) is 9.47. The fraction of sp³-hybridized carbons (Fsp3) is 0.167. The lowest BCUT2D eigenvalue weighted by Gasteiger charge is -2.27. The number of nitrogens with zero attached hydrogens (tertiary/aromatic N) is 1. The molecule has 0 saturated carbocycles. The second kappa shape index (κ2) is 7.02. The molecule has 1 aromatic heterocycles. The Bertz CT molecular complexity index is 557. The van der Waals surface area contributed by atoms with Crippen LogP contribution in [0, 0.1) is 0 Å². The first kappa shape index (κ1) is 15.9. The van der Waals surface area contributed by atoms with Crippen LogP contribution < -0.4 is 10.6 Å². The lowest BCUT2D eigenvalue weighted by atomic mass is 10.1. The van der Waals surface area contributed by atoms with E-state index in [4.69, 9.17) is 0 Å². The average molecular weight is 484 g/mol. The third-order valence-corrected chi connectivity index (χ3v) is 4.45. The quantitative estimate of drug-likeness (QED) is 0.613. The number of benzene rings is 1. The molecule has 0 saturated heterocycles. The molecule has 0 bridgehead atoms. The summed E-state index contributed by atoms with van der Waals surface area (Å²) < 4.78 is -0.644. The minimum absolute atomic E-state index is 0.316. The van der Waals surface area contributed by atoms with Gasteiger partial charge in [-0.25, -0.2) is 9.78 Å². The molecule has 0 radical (unpaired) electrons. The monoisotopic (exact) mass is 481 g/mol. The maximum Gasteiger partial charge on any atom is 0.321 e. The molecule has 1 heterocycles. The molecule has 1 aromatic carbocycles. The van der Waals surface area contributed by atoms with Crippen molar-refractivity contribution in [3.05, 3.63) is 47.5 Å². The van der Waals surface area contributed by atoms with Crippen molar-refractivity contribution in [1.29, 1.82) is 0 Å². The second-order valence-electron chi connectivity index (χ2n) is 3.82. The number of hydrogen-bond acceptors (Lipinski definition) is 3. The molecule has 1 atom stereocenters. The van der Waals surface area contributed by atoms with E-state index in [-0.39, 0.29) is 12.1 Å². The van der Waals surface area contributed by atoms with Crippen LogP contribution in [0.1, 0.15) is 11.6 Å². The van der Waals surface area contributed by atoms with Crippen molar-refractivity contribution >= 4 is 70.3 Å². The Kier molecular flexibility index (Phi) is 5.59. The molecule has 0 aliphatic carbocycles. The minimum Gasteiger partial charge on any atom is -0.328 e. The van der Waals surface area contributed by atoms with E-state index in [1.54, 1.807) is 11.6 Å². The number of amides is 2. The smallest absolute Gasteiger partial charge is 0.321 e. The van der Waals surface area contributed by atoms with Gasteiger partial charge in [-0.05, 0) is 5.56 Å². The summed E-state index contributed by atoms with van der Waals surface area (Å²) in [7, 11) is 0. The summed E-state index contributed by atoms with van der Waals surface area (Å²) in [4.78, 5) is 16.0. The number of hydrogen-bond donors (Lipinski definition) is 2. The molecular weight excluding hydrogens is 474 g/mol. The third-order valence-electron chi connectivity index (χ3n) is 2.39. The number of urea groups is 1. The highest BCUT2D eigenvalue weighted by Crippen LogP contribution is 2.45. The molecule has 0 aliphatic heterocycles. The highest BCUT2D eigenvalue weighted by Gasteiger charge is 2.33. The molecule has 4 nitrogen and oxygen atoms in total. The Morgan fingerprint density at radius 2 is 1.95 bits per heavy atom. The minimum atomic E-state index is -0.644. The summed E-state index contributed by atoms with van der Waals surface area (Å²) >= 11 is 11.8. The van der Waals surface area contributed by atoms with E-state index in [1.807, 2.05) is 30.3 Å². The van der Waals surface area contributed by atoms with Gasteiger partial charge in [0.2, 0.25) is 0 Å². The zero-order valence-corrected chi connectivity index (χ0v) is 15.6. The number of halogens is 3. The molecule has 0 spiro atoms. The zero-order valence-electron chi connectivity index (χ0n) is 10.0. The van der Waals surface area contributed by atoms with Crippen LogP contribution in [0.15, 0.2) is 41.9 Å². The van der Waals surface area contributed by atoms with E-state index in [9.17, 15) is 4.79 Å². The Labute approximate surface area is 145 Å². The number of thiazole rings is 1. The third kappa shape index (κ3) is 4.54. The van der Waals surface area contributed by atoms with E-state index >= 15 is 0 Å². The fourth-order valence-electron chi connectivity index (χ4n) is 1.55. The Morgan fingerprint density at radius 1 is 1.25 bits per heavy atom. The number of anilines is 1. The number of carbonyl (C=O) groups excluding carboxylic acids is 1. The number of nitrogens with one attached hydrogen (secondary N) is 2. The number of alkyl halides is 3. The van der Waals surface area contributed by atoms with Gasteiger partial charge in [0.15, 0.2) is 7.27 Å². The van der Waals surface area contributed by atoms with Gasteiger partial charge in [-0.15, -0.1) is 11.3 Å². The molecule has 0 aliphatic rings. The van der Waals surface area contributed by atoms with E-state index < -0.39 is 2.14 Å². The Balaban J connectivity index is 2.11. The van der Waals surface area contributed by atoms with Gasteiger partial charge in [0.05, 0.1) is 6.04 Å². The summed E-state index contributed by atoms with van der Waals surface area (Å²) in [5.74, 6) is 0. The van der Waals surface area contributed by atoms with Crippen molar-refractivity contribution in [2.75, 3.05) is 5.32 Å². The van der Waals surface area contributed by atoms with Crippen LogP contribution in [0.5, 0.6) is 0 Å². The Morgan fingerprint density at radius 3 is 2.50 bits per heavy atom. The van der Waals surface area contributed by atoms with Gasteiger partial charge >= 0.3 is 6.03 Å². The fourth-order valence-corrected chi connectivity index (χ4v) is 3.21. The van der Waals surface area contributed by atoms with Crippen LogP contribution in [0.2, 0.25) is 0 Å². The molecule has 2 amide bonds. The molecule has 2 N–H and O–H groups in total. The van der Waals surface area contributed by atoms with Crippen LogP contribution in [0.3, 0.4) is 0 Å². The van der Waals surface area contributed by atoms with Crippen molar-refractivity contribution in [3.63, 3.8) is 0 Å². The SMILES string of the molecule is O=C(Nc1nccs1)NC(c1ccccc1)C(Br)(Br)Br. The lowest BCUT2D eigenvalue weighted by molar-refractivity contribution is 0.249. The van der Waals surface area contributed by atoms with Crippen molar-refractivity contribution in [2.45, 2.75) is 8.18 Å². The maximum atomic E-state index is 12.0. The highest BCUT2D eigenvalue weighted by atomic mass is 80.0. The predicted octanol–water partition coefficient (Wildman–Crippen LogP) is 4.84. The van der Waals surface area contributed by atoms with E-state index in [0.717, 1.165) is 5.56 Å². The normalized spacial score (nSPS) is 12.8. The van der Waals surface area contributed by atoms with Gasteiger partial charge in [0.25, 0.3) is 0 Å². The summed E-state index contributed by atoms with van der Waals surface area (Å²) in [5.41, 5.74) is 0.951. The second-order valence-corrected chi connectivity index (χ2v) is 11.7. The molecule has 20 heavy (non-hydrogen) atoms. The van der Waals surface area contributed by atoms with Crippen LogP contribution in [-0.2, 0) is 0 Å².